The van der Waals surface area contributed by atoms with E-state index >= 15 is 0 Å². The maximum Gasteiger partial charge on any atom is 0.363 e. The molecule has 4 nitrogen and oxygen atoms in total. The molecule has 1 heterocycles. The number of cyclic esters (lactones) is 1. The van der Waals surface area contributed by atoms with Gasteiger partial charge >= 0.3 is 5.97 Å². The highest BCUT2D eigenvalue weighted by Crippen LogP contribution is 2.27. The average Bonchev–Trinajstić information content (AvgIpc) is 2.99. The van der Waals surface area contributed by atoms with E-state index in [9.17, 15) is 4.79 Å². The summed E-state index contributed by atoms with van der Waals surface area (Å²) in [5.74, 6) is 0.435. The highest BCUT2D eigenvalue weighted by atomic mass is 127. The van der Waals surface area contributed by atoms with Crippen LogP contribution >= 0.6 is 34.2 Å². The van der Waals surface area contributed by atoms with Crippen LogP contribution in [0.25, 0.3) is 6.08 Å². The summed E-state index contributed by atoms with van der Waals surface area (Å²) in [7, 11) is 0. The Morgan fingerprint density at radius 2 is 2.08 bits per heavy atom. The second-order valence-electron chi connectivity index (χ2n) is 5.70. The van der Waals surface area contributed by atoms with Gasteiger partial charge in [0.25, 0.3) is 0 Å². The predicted molar refractivity (Wildman–Crippen MR) is 112 cm³/mol. The molecule has 0 amide bonds. The van der Waals surface area contributed by atoms with Crippen molar-refractivity contribution in [2.45, 2.75) is 19.8 Å². The van der Waals surface area contributed by atoms with E-state index in [2.05, 4.69) is 34.5 Å². The number of hydrogen-bond donors (Lipinski definition) is 0. The number of rotatable bonds is 6. The van der Waals surface area contributed by atoms with Gasteiger partial charge in [0.05, 0.1) is 17.2 Å². The molecule has 1 aliphatic rings. The van der Waals surface area contributed by atoms with Crippen molar-refractivity contribution < 1.29 is 14.3 Å². The third-order valence-electron chi connectivity index (χ3n) is 3.75. The predicted octanol–water partition coefficient (Wildman–Crippen LogP) is 5.47. The number of para-hydroxylation sites is 1. The summed E-state index contributed by atoms with van der Waals surface area (Å²) in [6, 6.07) is 13.0. The second-order valence-corrected chi connectivity index (χ2v) is 7.35. The third kappa shape index (κ3) is 4.45. The van der Waals surface area contributed by atoms with E-state index < -0.39 is 5.97 Å². The van der Waals surface area contributed by atoms with Crippen LogP contribution in [0.15, 0.2) is 53.2 Å². The summed E-state index contributed by atoms with van der Waals surface area (Å²) in [4.78, 5) is 16.6. The zero-order valence-corrected chi connectivity index (χ0v) is 17.1. The molecular weight excluding hydrogens is 465 g/mol. The molecule has 2 aromatic rings. The lowest BCUT2D eigenvalue weighted by atomic mass is 10.1. The summed E-state index contributed by atoms with van der Waals surface area (Å²) >= 11 is 8.39. The lowest BCUT2D eigenvalue weighted by Gasteiger charge is -2.08. The average molecular weight is 482 g/mol. The number of ether oxygens (including phenoxy) is 2. The van der Waals surface area contributed by atoms with E-state index in [0.29, 0.717) is 17.2 Å². The second kappa shape index (κ2) is 8.68. The van der Waals surface area contributed by atoms with E-state index in [4.69, 9.17) is 21.1 Å². The van der Waals surface area contributed by atoms with Gasteiger partial charge in [-0.15, -0.1) is 0 Å². The lowest BCUT2D eigenvalue weighted by molar-refractivity contribution is -0.129. The molecule has 0 atom stereocenters. The molecule has 0 fully saturated rings. The van der Waals surface area contributed by atoms with Gasteiger partial charge in [-0.2, -0.15) is 0 Å². The Labute approximate surface area is 171 Å². The van der Waals surface area contributed by atoms with Crippen LogP contribution in [0.3, 0.4) is 0 Å². The van der Waals surface area contributed by atoms with Crippen molar-refractivity contribution in [3.05, 3.63) is 67.9 Å². The van der Waals surface area contributed by atoms with Crippen LogP contribution in [0.1, 0.15) is 30.9 Å². The van der Waals surface area contributed by atoms with Crippen LogP contribution < -0.4 is 4.74 Å². The molecule has 2 aromatic carbocycles. The van der Waals surface area contributed by atoms with Gasteiger partial charge in [-0.1, -0.05) is 43.1 Å². The SMILES string of the molecule is CCCCOc1ccccc1/C=C1\N=C(c2cc(I)ccc2Cl)OC1=O. The number of esters is 1. The van der Waals surface area contributed by atoms with E-state index in [1.165, 1.54) is 0 Å². The lowest BCUT2D eigenvalue weighted by Crippen LogP contribution is -2.06. The minimum absolute atomic E-state index is 0.217. The molecule has 0 saturated heterocycles. The molecule has 0 radical (unpaired) electrons. The van der Waals surface area contributed by atoms with Gasteiger partial charge in [0.15, 0.2) is 5.70 Å². The molecule has 1 aliphatic heterocycles. The van der Waals surface area contributed by atoms with Crippen LogP contribution in [-0.4, -0.2) is 18.5 Å². The number of halogens is 2. The number of hydrogen-bond acceptors (Lipinski definition) is 4. The van der Waals surface area contributed by atoms with Crippen LogP contribution in [0.4, 0.5) is 0 Å². The van der Waals surface area contributed by atoms with Gasteiger partial charge in [-0.05, 0) is 59.4 Å². The fraction of sp³-hybridized carbons (Fsp3) is 0.200. The Morgan fingerprint density at radius 3 is 2.88 bits per heavy atom. The van der Waals surface area contributed by atoms with Crippen molar-refractivity contribution in [3.63, 3.8) is 0 Å². The largest absolute Gasteiger partial charge is 0.493 e. The Hall–Kier alpha value is -1.86. The third-order valence-corrected chi connectivity index (χ3v) is 4.75. The number of aliphatic imine (C=N–C) groups is 1. The van der Waals surface area contributed by atoms with Crippen LogP contribution in [0.2, 0.25) is 5.02 Å². The van der Waals surface area contributed by atoms with Crippen LogP contribution in [0.5, 0.6) is 5.75 Å². The zero-order chi connectivity index (χ0) is 18.5. The number of unbranched alkanes of at least 4 members (excludes halogenated alkanes) is 1. The normalized spacial score (nSPS) is 15.1. The molecule has 3 rings (SSSR count). The van der Waals surface area contributed by atoms with Crippen LogP contribution in [0, 0.1) is 3.57 Å². The molecule has 0 bridgehead atoms. The molecule has 6 heteroatoms. The van der Waals surface area contributed by atoms with Crippen molar-refractivity contribution in [1.82, 2.24) is 0 Å². The smallest absolute Gasteiger partial charge is 0.363 e. The Kier molecular flexibility index (Phi) is 6.32. The summed E-state index contributed by atoms with van der Waals surface area (Å²) in [6.07, 6.45) is 3.71. The quantitative estimate of drug-likeness (QED) is 0.238. The first-order valence-corrected chi connectivity index (χ1v) is 9.74. The van der Waals surface area contributed by atoms with Crippen molar-refractivity contribution in [2.24, 2.45) is 4.99 Å². The zero-order valence-electron chi connectivity index (χ0n) is 14.2. The van der Waals surface area contributed by atoms with Gasteiger partial charge in [0.2, 0.25) is 5.90 Å². The molecule has 26 heavy (non-hydrogen) atoms. The van der Waals surface area contributed by atoms with Gasteiger partial charge < -0.3 is 9.47 Å². The molecule has 0 aliphatic carbocycles. The first-order chi connectivity index (χ1) is 12.6. The Balaban J connectivity index is 1.91. The van der Waals surface area contributed by atoms with Gasteiger partial charge in [-0.25, -0.2) is 9.79 Å². The van der Waals surface area contributed by atoms with E-state index in [1.54, 1.807) is 12.1 Å². The number of carbonyl (C=O) groups excluding carboxylic acids is 1. The van der Waals surface area contributed by atoms with Crippen molar-refractivity contribution in [1.29, 1.82) is 0 Å². The molecule has 0 unspecified atom stereocenters. The van der Waals surface area contributed by atoms with Crippen LogP contribution in [-0.2, 0) is 9.53 Å². The van der Waals surface area contributed by atoms with Gasteiger partial charge in [0, 0.05) is 9.13 Å². The molecule has 0 aromatic heterocycles. The fourth-order valence-corrected chi connectivity index (χ4v) is 3.08. The summed E-state index contributed by atoms with van der Waals surface area (Å²) in [6.45, 7) is 2.74. The molecule has 134 valence electrons. The van der Waals surface area contributed by atoms with E-state index in [1.807, 2.05) is 36.4 Å². The maximum absolute atomic E-state index is 12.2. The topological polar surface area (TPSA) is 47.9 Å². The van der Waals surface area contributed by atoms with Crippen molar-refractivity contribution in [3.8, 4) is 5.75 Å². The standard InChI is InChI=1S/C20H17ClINO3/c1-2-3-10-25-18-7-5-4-6-13(18)11-17-20(24)26-19(23-17)15-12-14(22)8-9-16(15)21/h4-9,11-12H,2-3,10H2,1H3/b17-11-. The highest BCUT2D eigenvalue weighted by molar-refractivity contribution is 14.1. The fourth-order valence-electron chi connectivity index (χ4n) is 2.39. The van der Waals surface area contributed by atoms with Crippen molar-refractivity contribution >= 4 is 52.1 Å². The maximum atomic E-state index is 12.2. The minimum atomic E-state index is -0.502. The summed E-state index contributed by atoms with van der Waals surface area (Å²) in [5.41, 5.74) is 1.61. The van der Waals surface area contributed by atoms with E-state index in [0.717, 1.165) is 27.7 Å². The highest BCUT2D eigenvalue weighted by Gasteiger charge is 2.26. The first kappa shape index (κ1) is 18.9. The first-order valence-electron chi connectivity index (χ1n) is 8.28. The molecular formula is C20H17ClINO3. The number of nitrogens with zero attached hydrogens (tertiary/aromatic N) is 1. The minimum Gasteiger partial charge on any atom is -0.493 e. The molecule has 0 spiro atoms. The summed E-state index contributed by atoms with van der Waals surface area (Å²) in [5, 5.41) is 0.488. The Bertz CT molecular complexity index is 892. The van der Waals surface area contributed by atoms with Gasteiger partial charge in [0.1, 0.15) is 5.75 Å². The van der Waals surface area contributed by atoms with Crippen molar-refractivity contribution in [2.75, 3.05) is 6.61 Å². The number of carbonyl (C=O) groups is 1. The monoisotopic (exact) mass is 481 g/mol. The van der Waals surface area contributed by atoms with E-state index in [-0.39, 0.29) is 11.6 Å². The molecule has 0 saturated carbocycles. The number of benzene rings is 2. The Morgan fingerprint density at radius 1 is 1.27 bits per heavy atom. The van der Waals surface area contributed by atoms with Gasteiger partial charge in [-0.3, -0.25) is 0 Å². The summed E-state index contributed by atoms with van der Waals surface area (Å²) < 4.78 is 12.1. The molecule has 0 N–H and O–H groups in total.